The molecule has 1 unspecified atom stereocenters. The lowest BCUT2D eigenvalue weighted by Crippen LogP contribution is -2.30. The van der Waals surface area contributed by atoms with Crippen molar-refractivity contribution in [2.45, 2.75) is 76.9 Å². The molecule has 2 aliphatic carbocycles. The Kier molecular flexibility index (Phi) is 6.31. The van der Waals surface area contributed by atoms with Crippen LogP contribution in [0.4, 0.5) is 10.5 Å². The van der Waals surface area contributed by atoms with E-state index in [0.29, 0.717) is 12.7 Å². The highest BCUT2D eigenvalue weighted by Crippen LogP contribution is 2.40. The predicted octanol–water partition coefficient (Wildman–Crippen LogP) is 7.31. The van der Waals surface area contributed by atoms with Crippen LogP contribution in [0.1, 0.15) is 64.7 Å². The van der Waals surface area contributed by atoms with E-state index in [0.717, 1.165) is 32.2 Å². The van der Waals surface area contributed by atoms with Gasteiger partial charge in [-0.25, -0.2) is 4.79 Å². The van der Waals surface area contributed by atoms with Gasteiger partial charge in [0.25, 0.3) is 0 Å². The number of hydrogen-bond acceptors (Lipinski definition) is 3. The van der Waals surface area contributed by atoms with Crippen molar-refractivity contribution in [3.63, 3.8) is 0 Å². The Morgan fingerprint density at radius 2 is 1.71 bits per heavy atom. The van der Waals surface area contributed by atoms with Crippen LogP contribution in [0.3, 0.4) is 0 Å². The zero-order chi connectivity index (χ0) is 21.4. The van der Waals surface area contributed by atoms with Gasteiger partial charge in [-0.15, -0.1) is 0 Å². The first-order valence-corrected chi connectivity index (χ1v) is 13.0. The monoisotopic (exact) mass is 533 g/mol. The molecule has 3 aliphatic rings. The molecule has 1 amide bonds. The van der Waals surface area contributed by atoms with Crippen molar-refractivity contribution in [2.24, 2.45) is 11.8 Å². The Morgan fingerprint density at radius 1 is 0.968 bits per heavy atom. The maximum absolute atomic E-state index is 12.1. The molecule has 5 heteroatoms. The summed E-state index contributed by atoms with van der Waals surface area (Å²) < 4.78 is 12.8. The number of fused-ring (bicyclic) bond motifs is 1. The molecule has 0 spiro atoms. The van der Waals surface area contributed by atoms with Gasteiger partial charge < -0.3 is 9.47 Å². The zero-order valence-corrected chi connectivity index (χ0v) is 20.5. The van der Waals surface area contributed by atoms with Gasteiger partial charge in [0.2, 0.25) is 0 Å². The number of amides is 1. The number of halogens is 1. The molecule has 2 aromatic carbocycles. The fourth-order valence-corrected chi connectivity index (χ4v) is 6.64. The maximum atomic E-state index is 12.1. The second-order valence-electron chi connectivity index (χ2n) is 9.63. The molecule has 1 aliphatic heterocycles. The molecule has 1 saturated heterocycles. The third-order valence-corrected chi connectivity index (χ3v) is 8.71. The Labute approximate surface area is 198 Å². The van der Waals surface area contributed by atoms with E-state index in [1.54, 1.807) is 4.90 Å². The molecular formula is C26H32INO3. The summed E-state index contributed by atoms with van der Waals surface area (Å²) in [4.78, 5) is 13.8. The SMILES string of the molecule is CC1COC(=O)N1c1ccc2c(I)c(OC3CCC(C4CCCCC4)CC3)ccc2c1. The number of benzene rings is 2. The van der Waals surface area contributed by atoms with E-state index in [-0.39, 0.29) is 12.1 Å². The van der Waals surface area contributed by atoms with Gasteiger partial charge in [0, 0.05) is 5.69 Å². The lowest BCUT2D eigenvalue weighted by molar-refractivity contribution is 0.0986. The molecule has 0 radical (unpaired) electrons. The highest BCUT2D eigenvalue weighted by molar-refractivity contribution is 14.1. The lowest BCUT2D eigenvalue weighted by Gasteiger charge is -2.36. The topological polar surface area (TPSA) is 38.8 Å². The molecule has 1 heterocycles. The van der Waals surface area contributed by atoms with Gasteiger partial charge in [-0.2, -0.15) is 0 Å². The van der Waals surface area contributed by atoms with Crippen molar-refractivity contribution in [1.82, 2.24) is 0 Å². The fourth-order valence-electron chi connectivity index (χ4n) is 5.84. The third-order valence-electron chi connectivity index (χ3n) is 7.59. The highest BCUT2D eigenvalue weighted by Gasteiger charge is 2.31. The number of nitrogens with zero attached hydrogens (tertiary/aromatic N) is 1. The van der Waals surface area contributed by atoms with Crippen LogP contribution >= 0.6 is 22.6 Å². The Morgan fingerprint density at radius 3 is 2.42 bits per heavy atom. The first-order chi connectivity index (χ1) is 15.1. The predicted molar refractivity (Wildman–Crippen MR) is 133 cm³/mol. The number of anilines is 1. The Hall–Kier alpha value is -1.50. The van der Waals surface area contributed by atoms with E-state index in [9.17, 15) is 4.79 Å². The number of rotatable bonds is 4. The van der Waals surface area contributed by atoms with Crippen LogP contribution in [-0.2, 0) is 4.74 Å². The van der Waals surface area contributed by atoms with Crippen molar-refractivity contribution < 1.29 is 14.3 Å². The highest BCUT2D eigenvalue weighted by atomic mass is 127. The molecule has 2 aromatic rings. The number of ether oxygens (including phenoxy) is 2. The average molecular weight is 533 g/mol. The summed E-state index contributed by atoms with van der Waals surface area (Å²) in [5, 5.41) is 2.31. The van der Waals surface area contributed by atoms with Gasteiger partial charge in [0.15, 0.2) is 0 Å². The summed E-state index contributed by atoms with van der Waals surface area (Å²) in [7, 11) is 0. The molecular weight excluding hydrogens is 501 g/mol. The summed E-state index contributed by atoms with van der Waals surface area (Å²) in [5.41, 5.74) is 0.896. The number of carbonyl (C=O) groups is 1. The Balaban J connectivity index is 1.27. The largest absolute Gasteiger partial charge is 0.489 e. The molecule has 0 bridgehead atoms. The fraction of sp³-hybridized carbons (Fsp3) is 0.577. The Bertz CT molecular complexity index is 947. The minimum atomic E-state index is -0.259. The molecule has 4 nitrogen and oxygen atoms in total. The summed E-state index contributed by atoms with van der Waals surface area (Å²) in [5.74, 6) is 2.89. The molecule has 0 N–H and O–H groups in total. The third kappa shape index (κ3) is 4.39. The van der Waals surface area contributed by atoms with Crippen LogP contribution in [0.25, 0.3) is 10.8 Å². The number of carbonyl (C=O) groups excluding carboxylic acids is 1. The summed E-state index contributed by atoms with van der Waals surface area (Å²) in [6.07, 6.45) is 12.3. The van der Waals surface area contributed by atoms with Crippen LogP contribution in [0.2, 0.25) is 0 Å². The van der Waals surface area contributed by atoms with E-state index >= 15 is 0 Å². The molecule has 31 heavy (non-hydrogen) atoms. The number of hydrogen-bond donors (Lipinski definition) is 0. The lowest BCUT2D eigenvalue weighted by atomic mass is 9.73. The van der Waals surface area contributed by atoms with Crippen molar-refractivity contribution in [3.8, 4) is 5.75 Å². The van der Waals surface area contributed by atoms with Gasteiger partial charge in [-0.1, -0.05) is 44.2 Å². The van der Waals surface area contributed by atoms with Crippen molar-refractivity contribution in [2.75, 3.05) is 11.5 Å². The second kappa shape index (κ2) is 9.16. The minimum Gasteiger partial charge on any atom is -0.489 e. The van der Waals surface area contributed by atoms with Gasteiger partial charge in [0.1, 0.15) is 12.4 Å². The minimum absolute atomic E-state index is 0.0652. The van der Waals surface area contributed by atoms with Crippen molar-refractivity contribution in [3.05, 3.63) is 33.9 Å². The van der Waals surface area contributed by atoms with Crippen LogP contribution < -0.4 is 9.64 Å². The standard InChI is InChI=1S/C26H32INO3/c1-17-16-30-26(29)28(17)21-10-13-23-20(15-21)9-14-24(25(23)27)31-22-11-7-19(8-12-22)18-5-3-2-4-6-18/h9-10,13-15,17-19,22H,2-8,11-12,16H2,1H3. The molecule has 1 atom stereocenters. The van der Waals surface area contributed by atoms with Gasteiger partial charge in [-0.3, -0.25) is 4.90 Å². The average Bonchev–Trinajstić information content (AvgIpc) is 3.14. The van der Waals surface area contributed by atoms with Crippen LogP contribution in [0.5, 0.6) is 5.75 Å². The van der Waals surface area contributed by atoms with E-state index < -0.39 is 0 Å². The molecule has 0 aromatic heterocycles. The van der Waals surface area contributed by atoms with E-state index in [1.165, 1.54) is 63.2 Å². The van der Waals surface area contributed by atoms with Crippen molar-refractivity contribution in [1.29, 1.82) is 0 Å². The summed E-state index contributed by atoms with van der Waals surface area (Å²) >= 11 is 2.41. The van der Waals surface area contributed by atoms with E-state index in [2.05, 4.69) is 46.9 Å². The van der Waals surface area contributed by atoms with Gasteiger partial charge >= 0.3 is 6.09 Å². The summed E-state index contributed by atoms with van der Waals surface area (Å²) in [6.45, 7) is 2.46. The number of cyclic esters (lactones) is 1. The van der Waals surface area contributed by atoms with E-state index in [4.69, 9.17) is 9.47 Å². The van der Waals surface area contributed by atoms with Crippen LogP contribution in [0, 0.1) is 15.4 Å². The van der Waals surface area contributed by atoms with Gasteiger partial charge in [-0.05, 0) is 96.0 Å². The second-order valence-corrected chi connectivity index (χ2v) is 10.7. The quantitative estimate of drug-likeness (QED) is 0.387. The molecule has 3 fully saturated rings. The van der Waals surface area contributed by atoms with Gasteiger partial charge in [0.05, 0.1) is 15.7 Å². The smallest absolute Gasteiger partial charge is 0.414 e. The first-order valence-electron chi connectivity index (χ1n) is 11.9. The molecule has 5 rings (SSSR count). The maximum Gasteiger partial charge on any atom is 0.414 e. The first kappa shape index (κ1) is 21.4. The van der Waals surface area contributed by atoms with E-state index in [1.807, 2.05) is 13.0 Å². The molecule has 166 valence electrons. The van der Waals surface area contributed by atoms with Crippen LogP contribution in [-0.4, -0.2) is 24.8 Å². The van der Waals surface area contributed by atoms with Crippen molar-refractivity contribution >= 4 is 45.1 Å². The molecule has 2 saturated carbocycles. The summed E-state index contributed by atoms with van der Waals surface area (Å²) in [6, 6.07) is 10.5. The normalized spacial score (nSPS) is 27.5. The van der Waals surface area contributed by atoms with Crippen LogP contribution in [0.15, 0.2) is 30.3 Å². The zero-order valence-electron chi connectivity index (χ0n) is 18.3.